The minimum Gasteiger partial charge on any atom is -0.379 e. The van der Waals surface area contributed by atoms with Crippen LogP contribution in [0.5, 0.6) is 0 Å². The Morgan fingerprint density at radius 1 is 1.41 bits per heavy atom. The molecule has 1 aliphatic rings. The standard InChI is InChI=1S/C17H26N2O2S/c1-13-4-5-15(11-19-6-8-21-9-7-19)10-16(13)18-17(20)14(2)12-22-3/h4-5,10,14H,6-9,11-12H2,1-3H3,(H,18,20)/t14-/m0/s1. The zero-order valence-electron chi connectivity index (χ0n) is 13.7. The van der Waals surface area contributed by atoms with Gasteiger partial charge < -0.3 is 10.1 Å². The van der Waals surface area contributed by atoms with E-state index in [1.807, 2.05) is 20.1 Å². The van der Waals surface area contributed by atoms with E-state index in [2.05, 4.69) is 28.4 Å². The summed E-state index contributed by atoms with van der Waals surface area (Å²) < 4.78 is 5.38. The number of rotatable bonds is 6. The number of carbonyl (C=O) groups excluding carboxylic acids is 1. The second-order valence-corrected chi connectivity index (χ2v) is 6.79. The average Bonchev–Trinajstić information content (AvgIpc) is 2.52. The summed E-state index contributed by atoms with van der Waals surface area (Å²) in [5.41, 5.74) is 3.28. The number of benzene rings is 1. The summed E-state index contributed by atoms with van der Waals surface area (Å²) >= 11 is 1.70. The van der Waals surface area contributed by atoms with Gasteiger partial charge in [0.15, 0.2) is 0 Å². The summed E-state index contributed by atoms with van der Waals surface area (Å²) in [7, 11) is 0. The number of aryl methyl sites for hydroxylation is 1. The average molecular weight is 322 g/mol. The summed E-state index contributed by atoms with van der Waals surface area (Å²) in [5.74, 6) is 0.969. The molecule has 1 atom stereocenters. The van der Waals surface area contributed by atoms with Crippen molar-refractivity contribution in [1.82, 2.24) is 4.90 Å². The molecule has 0 aromatic heterocycles. The Morgan fingerprint density at radius 3 is 2.82 bits per heavy atom. The fourth-order valence-corrected chi connectivity index (χ4v) is 3.15. The number of thioether (sulfide) groups is 1. The fourth-order valence-electron chi connectivity index (χ4n) is 2.50. The van der Waals surface area contributed by atoms with Crippen LogP contribution in [-0.2, 0) is 16.1 Å². The van der Waals surface area contributed by atoms with Gasteiger partial charge in [-0.3, -0.25) is 9.69 Å². The van der Waals surface area contributed by atoms with Crippen LogP contribution < -0.4 is 5.32 Å². The molecule has 0 unspecified atom stereocenters. The second kappa shape index (κ2) is 8.56. The minimum absolute atomic E-state index is 0.0253. The number of hydrogen-bond acceptors (Lipinski definition) is 4. The van der Waals surface area contributed by atoms with Crippen LogP contribution >= 0.6 is 11.8 Å². The molecule has 4 nitrogen and oxygen atoms in total. The second-order valence-electron chi connectivity index (χ2n) is 5.88. The number of carbonyl (C=O) groups is 1. The third-order valence-electron chi connectivity index (χ3n) is 3.93. The Kier molecular flexibility index (Phi) is 6.73. The molecule has 22 heavy (non-hydrogen) atoms. The molecule has 0 radical (unpaired) electrons. The highest BCUT2D eigenvalue weighted by molar-refractivity contribution is 7.98. The smallest absolute Gasteiger partial charge is 0.228 e. The Hall–Kier alpha value is -1.04. The van der Waals surface area contributed by atoms with E-state index in [1.165, 1.54) is 5.56 Å². The summed E-state index contributed by atoms with van der Waals surface area (Å²) in [5, 5.41) is 3.08. The van der Waals surface area contributed by atoms with Gasteiger partial charge in [-0.1, -0.05) is 19.1 Å². The molecule has 0 spiro atoms. The van der Waals surface area contributed by atoms with Crippen molar-refractivity contribution in [3.63, 3.8) is 0 Å². The van der Waals surface area contributed by atoms with Crippen LogP contribution in [-0.4, -0.2) is 49.1 Å². The molecule has 1 aromatic rings. The summed E-state index contributed by atoms with van der Waals surface area (Å²) in [4.78, 5) is 14.6. The lowest BCUT2D eigenvalue weighted by Crippen LogP contribution is -2.35. The van der Waals surface area contributed by atoms with Crippen LogP contribution in [0.4, 0.5) is 5.69 Å². The Bertz CT molecular complexity index is 501. The lowest BCUT2D eigenvalue weighted by atomic mass is 10.1. The Labute approximate surface area is 137 Å². The Balaban J connectivity index is 2.01. The van der Waals surface area contributed by atoms with Gasteiger partial charge in [0.2, 0.25) is 5.91 Å². The number of hydrogen-bond donors (Lipinski definition) is 1. The first-order valence-electron chi connectivity index (χ1n) is 7.79. The molecule has 0 saturated carbocycles. The highest BCUT2D eigenvalue weighted by Crippen LogP contribution is 2.20. The first kappa shape index (κ1) is 17.3. The van der Waals surface area contributed by atoms with E-state index in [4.69, 9.17) is 4.74 Å². The zero-order valence-corrected chi connectivity index (χ0v) is 14.5. The van der Waals surface area contributed by atoms with Crippen LogP contribution in [0, 0.1) is 12.8 Å². The van der Waals surface area contributed by atoms with Gasteiger partial charge in [-0.25, -0.2) is 0 Å². The number of nitrogens with one attached hydrogen (secondary N) is 1. The van der Waals surface area contributed by atoms with E-state index < -0.39 is 0 Å². The number of amides is 1. The SMILES string of the molecule is CSC[C@H](C)C(=O)Nc1cc(CN2CCOCC2)ccc1C. The molecule has 1 heterocycles. The third-order valence-corrected chi connectivity index (χ3v) is 4.77. The van der Waals surface area contributed by atoms with E-state index in [1.54, 1.807) is 11.8 Å². The molecule has 0 bridgehead atoms. The predicted octanol–water partition coefficient (Wildman–Crippen LogP) is 2.76. The van der Waals surface area contributed by atoms with Gasteiger partial charge in [-0.05, 0) is 30.4 Å². The van der Waals surface area contributed by atoms with Crippen LogP contribution in [0.3, 0.4) is 0 Å². The van der Waals surface area contributed by atoms with Gasteiger partial charge in [0, 0.05) is 37.0 Å². The maximum atomic E-state index is 12.2. The maximum Gasteiger partial charge on any atom is 0.228 e. The molecule has 1 aromatic carbocycles. The summed E-state index contributed by atoms with van der Waals surface area (Å²) in [6, 6.07) is 6.34. The van der Waals surface area contributed by atoms with Crippen molar-refractivity contribution >= 4 is 23.4 Å². The first-order valence-corrected chi connectivity index (χ1v) is 9.19. The molecule has 1 amide bonds. The zero-order chi connectivity index (χ0) is 15.9. The monoisotopic (exact) mass is 322 g/mol. The van der Waals surface area contributed by atoms with Crippen LogP contribution in [0.25, 0.3) is 0 Å². The number of nitrogens with zero attached hydrogens (tertiary/aromatic N) is 1. The van der Waals surface area contributed by atoms with Crippen molar-refractivity contribution < 1.29 is 9.53 Å². The molecule has 1 N–H and O–H groups in total. The van der Waals surface area contributed by atoms with Crippen LogP contribution in [0.15, 0.2) is 18.2 Å². The molecular weight excluding hydrogens is 296 g/mol. The predicted molar refractivity (Wildman–Crippen MR) is 93.5 cm³/mol. The highest BCUT2D eigenvalue weighted by Gasteiger charge is 2.15. The van der Waals surface area contributed by atoms with Gasteiger partial charge in [0.1, 0.15) is 0 Å². The van der Waals surface area contributed by atoms with Crippen molar-refractivity contribution in [3.8, 4) is 0 Å². The molecule has 122 valence electrons. The van der Waals surface area contributed by atoms with E-state index in [0.717, 1.165) is 49.9 Å². The number of anilines is 1. The first-order chi connectivity index (χ1) is 10.6. The van der Waals surface area contributed by atoms with E-state index in [-0.39, 0.29) is 11.8 Å². The quantitative estimate of drug-likeness (QED) is 0.874. The molecule has 1 fully saturated rings. The van der Waals surface area contributed by atoms with Crippen molar-refractivity contribution in [1.29, 1.82) is 0 Å². The lowest BCUT2D eigenvalue weighted by Gasteiger charge is -2.26. The van der Waals surface area contributed by atoms with E-state index in [0.29, 0.717) is 0 Å². The summed E-state index contributed by atoms with van der Waals surface area (Å²) in [6.07, 6.45) is 2.03. The lowest BCUT2D eigenvalue weighted by molar-refractivity contribution is -0.118. The van der Waals surface area contributed by atoms with E-state index >= 15 is 0 Å². The molecule has 1 saturated heterocycles. The fraction of sp³-hybridized carbons (Fsp3) is 0.588. The normalized spacial score (nSPS) is 17.2. The van der Waals surface area contributed by atoms with Crippen molar-refractivity contribution in [2.24, 2.45) is 5.92 Å². The van der Waals surface area contributed by atoms with Gasteiger partial charge in [0.05, 0.1) is 13.2 Å². The molecule has 2 rings (SSSR count). The molecule has 5 heteroatoms. The van der Waals surface area contributed by atoms with Gasteiger partial charge in [-0.15, -0.1) is 0 Å². The topological polar surface area (TPSA) is 41.6 Å². The number of ether oxygens (including phenoxy) is 1. The van der Waals surface area contributed by atoms with Gasteiger partial charge >= 0.3 is 0 Å². The van der Waals surface area contributed by atoms with Gasteiger partial charge in [-0.2, -0.15) is 11.8 Å². The number of morpholine rings is 1. The van der Waals surface area contributed by atoms with Crippen molar-refractivity contribution in [3.05, 3.63) is 29.3 Å². The molecule has 0 aliphatic carbocycles. The minimum atomic E-state index is 0.0253. The summed E-state index contributed by atoms with van der Waals surface area (Å²) in [6.45, 7) is 8.48. The van der Waals surface area contributed by atoms with Crippen molar-refractivity contribution in [2.45, 2.75) is 20.4 Å². The Morgan fingerprint density at radius 2 is 2.14 bits per heavy atom. The third kappa shape index (κ3) is 5.00. The van der Waals surface area contributed by atoms with Crippen molar-refractivity contribution in [2.75, 3.05) is 43.6 Å². The molecular formula is C17H26N2O2S. The van der Waals surface area contributed by atoms with E-state index in [9.17, 15) is 4.79 Å². The highest BCUT2D eigenvalue weighted by atomic mass is 32.2. The van der Waals surface area contributed by atoms with Crippen LogP contribution in [0.2, 0.25) is 0 Å². The largest absolute Gasteiger partial charge is 0.379 e. The maximum absolute atomic E-state index is 12.2. The van der Waals surface area contributed by atoms with Gasteiger partial charge in [0.25, 0.3) is 0 Å². The molecule has 1 aliphatic heterocycles. The van der Waals surface area contributed by atoms with Crippen LogP contribution in [0.1, 0.15) is 18.1 Å².